The monoisotopic (exact) mass is 277 g/mol. The van der Waals surface area contributed by atoms with Crippen LogP contribution in [-0.4, -0.2) is 9.36 Å². The minimum Gasteiger partial charge on any atom is -0.393 e. The first-order chi connectivity index (χ1) is 9.45. The zero-order chi connectivity index (χ0) is 14.9. The van der Waals surface area contributed by atoms with Gasteiger partial charge in [-0.3, -0.25) is 9.48 Å². The molecular weight excluding hydrogens is 257 g/mol. The molecule has 0 unspecified atom stereocenters. The molecule has 2 aromatic rings. The van der Waals surface area contributed by atoms with E-state index in [0.29, 0.717) is 18.2 Å². The van der Waals surface area contributed by atoms with E-state index in [0.717, 1.165) is 12.1 Å². The summed E-state index contributed by atoms with van der Waals surface area (Å²) in [7, 11) is 0. The van der Waals surface area contributed by atoms with Crippen molar-refractivity contribution in [3.63, 3.8) is 0 Å². The molecule has 5 heteroatoms. The molecule has 0 aliphatic heterocycles. The van der Waals surface area contributed by atoms with Crippen molar-refractivity contribution in [2.24, 2.45) is 5.92 Å². The lowest BCUT2D eigenvalue weighted by molar-refractivity contribution is 0.519. The van der Waals surface area contributed by atoms with Gasteiger partial charge < -0.3 is 5.73 Å². The summed E-state index contributed by atoms with van der Waals surface area (Å²) in [5, 5.41) is 0. The van der Waals surface area contributed by atoms with Gasteiger partial charge in [0.1, 0.15) is 11.5 Å². The van der Waals surface area contributed by atoms with E-state index in [-0.39, 0.29) is 17.1 Å². The average Bonchev–Trinajstić information content (AvgIpc) is 2.64. The maximum atomic E-state index is 13.0. The van der Waals surface area contributed by atoms with Crippen LogP contribution in [0.15, 0.2) is 29.1 Å². The molecule has 0 aliphatic carbocycles. The fourth-order valence-corrected chi connectivity index (χ4v) is 2.38. The molecule has 4 nitrogen and oxygen atoms in total. The van der Waals surface area contributed by atoms with E-state index in [9.17, 15) is 9.18 Å². The molecule has 1 aromatic carbocycles. The number of aromatic nitrogens is 2. The molecular formula is C15H20FN3O. The summed E-state index contributed by atoms with van der Waals surface area (Å²) in [6.07, 6.45) is 0.739. The van der Waals surface area contributed by atoms with Crippen molar-refractivity contribution in [3.05, 3.63) is 46.1 Å². The predicted octanol–water partition coefficient (Wildman–Crippen LogP) is 2.58. The Labute approximate surface area is 117 Å². The number of rotatable bonds is 4. The van der Waals surface area contributed by atoms with Crippen LogP contribution in [0.25, 0.3) is 5.69 Å². The fraction of sp³-hybridized carbons (Fsp3) is 0.400. The summed E-state index contributed by atoms with van der Waals surface area (Å²) in [5.41, 5.74) is 7.48. The molecule has 0 radical (unpaired) electrons. The Balaban J connectivity index is 2.64. The Morgan fingerprint density at radius 2 is 1.85 bits per heavy atom. The van der Waals surface area contributed by atoms with Crippen molar-refractivity contribution in [2.75, 3.05) is 5.73 Å². The van der Waals surface area contributed by atoms with Gasteiger partial charge in [0.05, 0.1) is 11.4 Å². The third-order valence-electron chi connectivity index (χ3n) is 3.26. The highest BCUT2D eigenvalue weighted by Gasteiger charge is 2.18. The minimum atomic E-state index is -0.327. The van der Waals surface area contributed by atoms with Gasteiger partial charge in [0.2, 0.25) is 0 Å². The number of nitrogens with two attached hydrogens (primary N) is 1. The molecule has 2 N–H and O–H groups in total. The maximum Gasteiger partial charge on any atom is 0.294 e. The van der Waals surface area contributed by atoms with Crippen molar-refractivity contribution in [2.45, 2.75) is 33.7 Å². The van der Waals surface area contributed by atoms with E-state index in [4.69, 9.17) is 5.73 Å². The summed E-state index contributed by atoms with van der Waals surface area (Å²) in [6.45, 7) is 6.76. The first kappa shape index (κ1) is 14.4. The van der Waals surface area contributed by atoms with Crippen LogP contribution in [0.3, 0.4) is 0 Å². The second-order valence-corrected chi connectivity index (χ2v) is 5.27. The van der Waals surface area contributed by atoms with Crippen molar-refractivity contribution in [3.8, 4) is 5.69 Å². The van der Waals surface area contributed by atoms with Crippen LogP contribution in [0.2, 0.25) is 0 Å². The second-order valence-electron chi connectivity index (χ2n) is 5.27. The Kier molecular flexibility index (Phi) is 3.97. The van der Waals surface area contributed by atoms with Crippen molar-refractivity contribution in [1.82, 2.24) is 9.36 Å². The highest BCUT2D eigenvalue weighted by Crippen LogP contribution is 2.17. The highest BCUT2D eigenvalue weighted by molar-refractivity contribution is 5.45. The van der Waals surface area contributed by atoms with Crippen molar-refractivity contribution in [1.29, 1.82) is 0 Å². The second kappa shape index (κ2) is 5.53. The van der Waals surface area contributed by atoms with Crippen molar-refractivity contribution >= 4 is 5.69 Å². The molecule has 20 heavy (non-hydrogen) atoms. The number of anilines is 1. The summed E-state index contributed by atoms with van der Waals surface area (Å²) in [4.78, 5) is 12.4. The molecule has 0 saturated heterocycles. The van der Waals surface area contributed by atoms with Crippen LogP contribution in [0.4, 0.5) is 10.1 Å². The van der Waals surface area contributed by atoms with Crippen LogP contribution in [0.1, 0.15) is 26.5 Å². The summed E-state index contributed by atoms with van der Waals surface area (Å²) in [5.74, 6) is 0.0744. The zero-order valence-electron chi connectivity index (χ0n) is 12.1. The number of hydrogen-bond acceptors (Lipinski definition) is 2. The molecule has 0 saturated carbocycles. The number of nitrogen functional groups attached to an aromatic ring is 1. The molecule has 0 bridgehead atoms. The van der Waals surface area contributed by atoms with Gasteiger partial charge in [0, 0.05) is 6.54 Å². The van der Waals surface area contributed by atoms with Gasteiger partial charge in [-0.15, -0.1) is 0 Å². The predicted molar refractivity (Wildman–Crippen MR) is 78.6 cm³/mol. The normalized spacial score (nSPS) is 11.2. The molecule has 0 fully saturated rings. The highest BCUT2D eigenvalue weighted by atomic mass is 19.1. The molecule has 108 valence electrons. The standard InChI is InChI=1S/C15H20FN3O/c1-4-18-13(9-10(2)3)14(17)15(20)19(18)12-7-5-11(16)6-8-12/h5-8,10H,4,9,17H2,1-3H3. The lowest BCUT2D eigenvalue weighted by Gasteiger charge is -2.14. The first-order valence-corrected chi connectivity index (χ1v) is 6.81. The minimum absolute atomic E-state index is 0.242. The van der Waals surface area contributed by atoms with Gasteiger partial charge in [0.15, 0.2) is 0 Å². The zero-order valence-corrected chi connectivity index (χ0v) is 12.1. The number of hydrogen-bond donors (Lipinski definition) is 1. The van der Waals surface area contributed by atoms with Gasteiger partial charge in [-0.05, 0) is 43.5 Å². The third-order valence-corrected chi connectivity index (χ3v) is 3.26. The topological polar surface area (TPSA) is 52.9 Å². The maximum absolute atomic E-state index is 13.0. The Bertz CT molecular complexity index is 653. The largest absolute Gasteiger partial charge is 0.393 e. The van der Waals surface area contributed by atoms with Crippen LogP contribution >= 0.6 is 0 Å². The Morgan fingerprint density at radius 1 is 1.25 bits per heavy atom. The van der Waals surface area contributed by atoms with Gasteiger partial charge >= 0.3 is 0 Å². The van der Waals surface area contributed by atoms with Crippen LogP contribution in [-0.2, 0) is 13.0 Å². The summed E-state index contributed by atoms with van der Waals surface area (Å²) >= 11 is 0. The van der Waals surface area contributed by atoms with Crippen LogP contribution in [0, 0.1) is 11.7 Å². The number of nitrogens with zero attached hydrogens (tertiary/aromatic N) is 2. The van der Waals surface area contributed by atoms with E-state index in [1.165, 1.54) is 16.8 Å². The lowest BCUT2D eigenvalue weighted by atomic mass is 10.1. The number of benzene rings is 1. The molecule has 0 aliphatic rings. The van der Waals surface area contributed by atoms with E-state index in [1.54, 1.807) is 12.1 Å². The molecule has 1 aromatic heterocycles. The molecule has 0 amide bonds. The van der Waals surface area contributed by atoms with Gasteiger partial charge in [0.25, 0.3) is 5.56 Å². The molecule has 1 heterocycles. The van der Waals surface area contributed by atoms with E-state index in [2.05, 4.69) is 13.8 Å². The summed E-state index contributed by atoms with van der Waals surface area (Å²) in [6, 6.07) is 5.85. The first-order valence-electron chi connectivity index (χ1n) is 6.81. The van der Waals surface area contributed by atoms with Crippen LogP contribution in [0.5, 0.6) is 0 Å². The SMILES string of the molecule is CCn1c(CC(C)C)c(N)c(=O)n1-c1ccc(F)cc1. The Morgan fingerprint density at radius 3 is 2.35 bits per heavy atom. The molecule has 2 rings (SSSR count). The lowest BCUT2D eigenvalue weighted by Crippen LogP contribution is -2.22. The third kappa shape index (κ3) is 2.48. The van der Waals surface area contributed by atoms with Crippen molar-refractivity contribution < 1.29 is 4.39 Å². The van der Waals surface area contributed by atoms with Gasteiger partial charge in [-0.25, -0.2) is 9.07 Å². The van der Waals surface area contributed by atoms with Gasteiger partial charge in [-0.1, -0.05) is 13.8 Å². The quantitative estimate of drug-likeness (QED) is 0.934. The Hall–Kier alpha value is -2.04. The molecule has 0 atom stereocenters. The van der Waals surface area contributed by atoms with Gasteiger partial charge in [-0.2, -0.15) is 0 Å². The average molecular weight is 277 g/mol. The van der Waals surface area contributed by atoms with E-state index in [1.807, 2.05) is 11.6 Å². The molecule has 0 spiro atoms. The fourth-order valence-electron chi connectivity index (χ4n) is 2.38. The van der Waals surface area contributed by atoms with Crippen LogP contribution < -0.4 is 11.3 Å². The smallest absolute Gasteiger partial charge is 0.294 e. The van der Waals surface area contributed by atoms with E-state index < -0.39 is 0 Å². The number of halogens is 1. The summed E-state index contributed by atoms with van der Waals surface area (Å²) < 4.78 is 16.4. The van der Waals surface area contributed by atoms with E-state index >= 15 is 0 Å².